The Hall–Kier alpha value is -1.56. The van der Waals surface area contributed by atoms with Gasteiger partial charge in [-0.05, 0) is 32.0 Å². The van der Waals surface area contributed by atoms with Gasteiger partial charge in [-0.3, -0.25) is 9.48 Å². The number of carbonyl (C=O) groups is 1. The molecule has 0 aliphatic carbocycles. The molecule has 1 aromatic carbocycles. The molecule has 0 fully saturated rings. The number of halogens is 2. The molecule has 2 N–H and O–H groups in total. The van der Waals surface area contributed by atoms with Crippen LogP contribution in [0.15, 0.2) is 30.6 Å². The molecule has 0 unspecified atom stereocenters. The van der Waals surface area contributed by atoms with E-state index in [4.69, 9.17) is 28.3 Å². The van der Waals surface area contributed by atoms with E-state index in [0.29, 0.717) is 22.2 Å². The summed E-state index contributed by atoms with van der Waals surface area (Å²) in [6.07, 6.45) is 3.46. The summed E-state index contributed by atoms with van der Waals surface area (Å²) in [5.74, 6) is -0.274. The van der Waals surface area contributed by atoms with Crippen molar-refractivity contribution in [2.45, 2.75) is 25.9 Å². The van der Waals surface area contributed by atoms with Gasteiger partial charge in [0.25, 0.3) is 5.91 Å². The number of aliphatic hydroxyl groups excluding tert-OH is 1. The fraction of sp³-hybridized carbons (Fsp3) is 0.333. The molecule has 0 saturated heterocycles. The van der Waals surface area contributed by atoms with Crippen LogP contribution in [0.3, 0.4) is 0 Å². The van der Waals surface area contributed by atoms with Gasteiger partial charge in [0.05, 0.1) is 24.9 Å². The molecular weight excluding hydrogens is 325 g/mol. The van der Waals surface area contributed by atoms with E-state index in [1.54, 1.807) is 35.3 Å². The van der Waals surface area contributed by atoms with E-state index < -0.39 is 5.54 Å². The summed E-state index contributed by atoms with van der Waals surface area (Å²) in [5, 5.41) is 16.8. The lowest BCUT2D eigenvalue weighted by atomic mass is 9.97. The maximum absolute atomic E-state index is 12.4. The molecule has 0 bridgehead atoms. The van der Waals surface area contributed by atoms with Crippen LogP contribution in [0, 0.1) is 0 Å². The number of hydrogen-bond acceptors (Lipinski definition) is 3. The molecule has 5 nitrogen and oxygen atoms in total. The quantitative estimate of drug-likeness (QED) is 0.878. The Morgan fingerprint density at radius 3 is 2.55 bits per heavy atom. The number of aromatic nitrogens is 2. The SMILES string of the molecule is CC(C)(NC(=O)c1cc(Cl)cc(Cl)c1)c1cnn(CCO)c1. The number of amides is 1. The molecule has 118 valence electrons. The Bertz CT molecular complexity index is 663. The minimum Gasteiger partial charge on any atom is -0.394 e. The standard InChI is InChI=1S/C15H17Cl2N3O2/c1-15(2,11-8-18-20(9-11)3-4-21)19-14(22)10-5-12(16)7-13(17)6-10/h5-9,21H,3-4H2,1-2H3,(H,19,22). The van der Waals surface area contributed by atoms with Crippen molar-refractivity contribution >= 4 is 29.1 Å². The van der Waals surface area contributed by atoms with E-state index in [9.17, 15) is 4.79 Å². The van der Waals surface area contributed by atoms with Crippen LogP contribution in [0.2, 0.25) is 10.0 Å². The molecule has 7 heteroatoms. The number of nitrogens with one attached hydrogen (secondary N) is 1. The fourth-order valence-electron chi connectivity index (χ4n) is 2.02. The van der Waals surface area contributed by atoms with Gasteiger partial charge in [-0.15, -0.1) is 0 Å². The van der Waals surface area contributed by atoms with Gasteiger partial charge in [0.2, 0.25) is 0 Å². The second kappa shape index (κ2) is 6.69. The van der Waals surface area contributed by atoms with Crippen molar-refractivity contribution in [3.05, 3.63) is 51.8 Å². The van der Waals surface area contributed by atoms with Gasteiger partial charge in [0.15, 0.2) is 0 Å². The first-order valence-corrected chi connectivity index (χ1v) is 7.50. The average Bonchev–Trinajstić information content (AvgIpc) is 2.87. The monoisotopic (exact) mass is 341 g/mol. The van der Waals surface area contributed by atoms with Crippen LogP contribution in [0.1, 0.15) is 29.8 Å². The molecule has 1 amide bonds. The maximum Gasteiger partial charge on any atom is 0.252 e. The Morgan fingerprint density at radius 1 is 1.32 bits per heavy atom. The normalized spacial score (nSPS) is 11.5. The summed E-state index contributed by atoms with van der Waals surface area (Å²) >= 11 is 11.8. The second-order valence-corrected chi connectivity index (χ2v) is 6.33. The molecule has 0 atom stereocenters. The van der Waals surface area contributed by atoms with Gasteiger partial charge in [-0.25, -0.2) is 0 Å². The van der Waals surface area contributed by atoms with Crippen molar-refractivity contribution in [1.82, 2.24) is 15.1 Å². The summed E-state index contributed by atoms with van der Waals surface area (Å²) in [5.41, 5.74) is 0.607. The molecular formula is C15H17Cl2N3O2. The Balaban J connectivity index is 2.17. The minimum absolute atomic E-state index is 0.00885. The van der Waals surface area contributed by atoms with Crippen molar-refractivity contribution < 1.29 is 9.90 Å². The smallest absolute Gasteiger partial charge is 0.252 e. The third-order valence-corrected chi connectivity index (χ3v) is 3.67. The van der Waals surface area contributed by atoms with Crippen LogP contribution in [-0.2, 0) is 12.1 Å². The maximum atomic E-state index is 12.4. The van der Waals surface area contributed by atoms with Crippen molar-refractivity contribution in [2.24, 2.45) is 0 Å². The number of nitrogens with zero attached hydrogens (tertiary/aromatic N) is 2. The molecule has 1 heterocycles. The van der Waals surface area contributed by atoms with E-state index in [1.165, 1.54) is 0 Å². The average molecular weight is 342 g/mol. The van der Waals surface area contributed by atoms with E-state index in [1.807, 2.05) is 13.8 Å². The Labute approximate surface area is 138 Å². The molecule has 0 aliphatic heterocycles. The van der Waals surface area contributed by atoms with Crippen LogP contribution in [0.5, 0.6) is 0 Å². The Kier molecular flexibility index (Phi) is 5.11. The lowest BCUT2D eigenvalue weighted by Gasteiger charge is -2.25. The highest BCUT2D eigenvalue weighted by atomic mass is 35.5. The molecule has 0 radical (unpaired) electrons. The topological polar surface area (TPSA) is 67.2 Å². The van der Waals surface area contributed by atoms with Gasteiger partial charge < -0.3 is 10.4 Å². The highest BCUT2D eigenvalue weighted by molar-refractivity contribution is 6.35. The summed E-state index contributed by atoms with van der Waals surface area (Å²) in [4.78, 5) is 12.4. The first kappa shape index (κ1) is 16.8. The number of hydrogen-bond donors (Lipinski definition) is 2. The number of carbonyl (C=O) groups excluding carboxylic acids is 1. The van der Waals surface area contributed by atoms with Crippen LogP contribution in [-0.4, -0.2) is 27.4 Å². The zero-order valence-electron chi connectivity index (χ0n) is 12.3. The molecule has 2 rings (SSSR count). The Morgan fingerprint density at radius 2 is 1.95 bits per heavy atom. The fourth-order valence-corrected chi connectivity index (χ4v) is 2.55. The summed E-state index contributed by atoms with van der Waals surface area (Å²) in [6, 6.07) is 4.70. The number of benzene rings is 1. The molecule has 0 aliphatic rings. The van der Waals surface area contributed by atoms with Gasteiger partial charge in [-0.1, -0.05) is 23.2 Å². The molecule has 22 heavy (non-hydrogen) atoms. The van der Waals surface area contributed by atoms with E-state index in [-0.39, 0.29) is 12.5 Å². The van der Waals surface area contributed by atoms with Gasteiger partial charge in [0.1, 0.15) is 0 Å². The summed E-state index contributed by atoms with van der Waals surface area (Å²) < 4.78 is 1.62. The predicted molar refractivity (Wildman–Crippen MR) is 86.3 cm³/mol. The lowest BCUT2D eigenvalue weighted by molar-refractivity contribution is 0.0912. The zero-order chi connectivity index (χ0) is 16.3. The van der Waals surface area contributed by atoms with Gasteiger partial charge >= 0.3 is 0 Å². The van der Waals surface area contributed by atoms with Gasteiger partial charge in [-0.2, -0.15) is 5.10 Å². The largest absolute Gasteiger partial charge is 0.394 e. The van der Waals surface area contributed by atoms with Crippen LogP contribution in [0.25, 0.3) is 0 Å². The van der Waals surface area contributed by atoms with Crippen LogP contribution in [0.4, 0.5) is 0 Å². The molecule has 0 saturated carbocycles. The first-order chi connectivity index (χ1) is 10.3. The highest BCUT2D eigenvalue weighted by Gasteiger charge is 2.25. The van der Waals surface area contributed by atoms with Crippen LogP contribution >= 0.6 is 23.2 Å². The van der Waals surface area contributed by atoms with Crippen molar-refractivity contribution in [3.63, 3.8) is 0 Å². The van der Waals surface area contributed by atoms with Crippen molar-refractivity contribution in [1.29, 1.82) is 0 Å². The van der Waals surface area contributed by atoms with E-state index >= 15 is 0 Å². The molecule has 2 aromatic rings. The van der Waals surface area contributed by atoms with Gasteiger partial charge in [0, 0.05) is 27.4 Å². The summed E-state index contributed by atoms with van der Waals surface area (Å²) in [7, 11) is 0. The summed E-state index contributed by atoms with van der Waals surface area (Å²) in [6.45, 7) is 4.16. The molecule has 0 spiro atoms. The predicted octanol–water partition coefficient (Wildman–Crippen LogP) is 2.85. The third-order valence-electron chi connectivity index (χ3n) is 3.23. The molecule has 1 aromatic heterocycles. The van der Waals surface area contributed by atoms with Crippen molar-refractivity contribution in [2.75, 3.05) is 6.61 Å². The second-order valence-electron chi connectivity index (χ2n) is 5.45. The first-order valence-electron chi connectivity index (χ1n) is 6.74. The van der Waals surface area contributed by atoms with E-state index in [2.05, 4.69) is 10.4 Å². The van der Waals surface area contributed by atoms with Crippen LogP contribution < -0.4 is 5.32 Å². The number of aliphatic hydroxyl groups is 1. The third kappa shape index (κ3) is 4.00. The minimum atomic E-state index is -0.625. The van der Waals surface area contributed by atoms with Crippen molar-refractivity contribution in [3.8, 4) is 0 Å². The van der Waals surface area contributed by atoms with E-state index in [0.717, 1.165) is 5.56 Å². The highest BCUT2D eigenvalue weighted by Crippen LogP contribution is 2.22. The lowest BCUT2D eigenvalue weighted by Crippen LogP contribution is -2.40. The number of rotatable bonds is 5. The zero-order valence-corrected chi connectivity index (χ0v) is 13.8.